The second-order valence-corrected chi connectivity index (χ2v) is 7.77. The van der Waals surface area contributed by atoms with Gasteiger partial charge < -0.3 is 14.8 Å². The number of nitrogens with one attached hydrogen (secondary N) is 1. The Hall–Kier alpha value is -3.30. The van der Waals surface area contributed by atoms with E-state index in [2.05, 4.69) is 10.2 Å². The molecule has 7 nitrogen and oxygen atoms in total. The average molecular weight is 457 g/mol. The van der Waals surface area contributed by atoms with Crippen LogP contribution in [-0.4, -0.2) is 68.1 Å². The molecule has 0 bridgehead atoms. The lowest BCUT2D eigenvalue weighted by atomic mass is 10.0. The molecule has 0 aromatic heterocycles. The number of methoxy groups -OCH3 is 1. The number of morpholine rings is 1. The van der Waals surface area contributed by atoms with E-state index in [-0.39, 0.29) is 23.5 Å². The number of hydrogen-bond donors (Lipinski definition) is 1. The van der Waals surface area contributed by atoms with E-state index in [4.69, 9.17) is 9.47 Å². The molecule has 2 aliphatic rings. The minimum atomic E-state index is -1.06. The van der Waals surface area contributed by atoms with Crippen LogP contribution in [0.4, 0.5) is 14.5 Å². The molecule has 2 amide bonds. The van der Waals surface area contributed by atoms with Crippen molar-refractivity contribution < 1.29 is 27.8 Å². The van der Waals surface area contributed by atoms with Gasteiger partial charge in [0.1, 0.15) is 11.4 Å². The number of ether oxygens (including phenoxy) is 2. The van der Waals surface area contributed by atoms with Crippen LogP contribution in [-0.2, 0) is 14.3 Å². The summed E-state index contributed by atoms with van der Waals surface area (Å²) in [5.41, 5.74) is 0.738. The number of carbonyl (C=O) groups is 2. The smallest absolute Gasteiger partial charge is 0.278 e. The number of imide groups is 1. The van der Waals surface area contributed by atoms with Crippen LogP contribution >= 0.6 is 0 Å². The van der Waals surface area contributed by atoms with Crippen LogP contribution in [0, 0.1) is 11.6 Å². The van der Waals surface area contributed by atoms with Crippen molar-refractivity contribution in [3.63, 3.8) is 0 Å². The zero-order valence-electron chi connectivity index (χ0n) is 18.3. The van der Waals surface area contributed by atoms with Crippen LogP contribution in [0.25, 0.3) is 5.57 Å². The number of benzene rings is 2. The van der Waals surface area contributed by atoms with Crippen molar-refractivity contribution in [1.82, 2.24) is 9.80 Å². The van der Waals surface area contributed by atoms with Crippen molar-refractivity contribution in [3.05, 3.63) is 65.4 Å². The van der Waals surface area contributed by atoms with Gasteiger partial charge in [0, 0.05) is 43.5 Å². The highest BCUT2D eigenvalue weighted by atomic mass is 19.2. The van der Waals surface area contributed by atoms with E-state index >= 15 is 0 Å². The first kappa shape index (κ1) is 22.9. The molecule has 2 heterocycles. The van der Waals surface area contributed by atoms with Gasteiger partial charge in [0.05, 0.1) is 25.9 Å². The summed E-state index contributed by atoms with van der Waals surface area (Å²) < 4.78 is 37.9. The fourth-order valence-corrected chi connectivity index (χ4v) is 3.99. The molecule has 33 heavy (non-hydrogen) atoms. The lowest BCUT2D eigenvalue weighted by Gasteiger charge is -2.27. The topological polar surface area (TPSA) is 71.1 Å². The maximum Gasteiger partial charge on any atom is 0.278 e. The van der Waals surface area contributed by atoms with Gasteiger partial charge in [-0.05, 0) is 24.6 Å². The molecule has 0 saturated carbocycles. The molecule has 0 atom stereocenters. The van der Waals surface area contributed by atoms with E-state index in [0.717, 1.165) is 31.8 Å². The summed E-state index contributed by atoms with van der Waals surface area (Å²) in [6.45, 7) is 3.94. The van der Waals surface area contributed by atoms with Crippen molar-refractivity contribution in [2.75, 3.05) is 51.8 Å². The monoisotopic (exact) mass is 457 g/mol. The lowest BCUT2D eigenvalue weighted by molar-refractivity contribution is -0.136. The van der Waals surface area contributed by atoms with Crippen LogP contribution in [0.3, 0.4) is 0 Å². The third-order valence-electron chi connectivity index (χ3n) is 5.69. The summed E-state index contributed by atoms with van der Waals surface area (Å²) in [6, 6.07) is 10.1. The van der Waals surface area contributed by atoms with Crippen molar-refractivity contribution in [3.8, 4) is 5.75 Å². The summed E-state index contributed by atoms with van der Waals surface area (Å²) in [4.78, 5) is 30.1. The third-order valence-corrected chi connectivity index (χ3v) is 5.69. The molecule has 1 N–H and O–H groups in total. The van der Waals surface area contributed by atoms with Gasteiger partial charge in [-0.1, -0.05) is 18.2 Å². The summed E-state index contributed by atoms with van der Waals surface area (Å²) >= 11 is 0. The van der Waals surface area contributed by atoms with Crippen molar-refractivity contribution in [2.45, 2.75) is 6.42 Å². The van der Waals surface area contributed by atoms with Gasteiger partial charge in [-0.25, -0.2) is 8.78 Å². The summed E-state index contributed by atoms with van der Waals surface area (Å²) in [5.74, 6) is -2.62. The van der Waals surface area contributed by atoms with E-state index in [1.54, 1.807) is 24.3 Å². The molecular weight excluding hydrogens is 432 g/mol. The largest absolute Gasteiger partial charge is 0.496 e. The Bertz CT molecular complexity index is 1080. The zero-order chi connectivity index (χ0) is 23.4. The Morgan fingerprint density at radius 3 is 2.48 bits per heavy atom. The van der Waals surface area contributed by atoms with E-state index in [9.17, 15) is 18.4 Å². The molecule has 2 aromatic carbocycles. The number of anilines is 1. The van der Waals surface area contributed by atoms with Gasteiger partial charge in [0.15, 0.2) is 11.6 Å². The first-order valence-corrected chi connectivity index (χ1v) is 10.8. The minimum absolute atomic E-state index is 0.00174. The molecule has 0 unspecified atom stereocenters. The molecule has 2 aliphatic heterocycles. The Morgan fingerprint density at radius 1 is 1.00 bits per heavy atom. The molecule has 9 heteroatoms. The Kier molecular flexibility index (Phi) is 7.00. The van der Waals surface area contributed by atoms with Gasteiger partial charge in [0.25, 0.3) is 11.8 Å². The first-order valence-electron chi connectivity index (χ1n) is 10.8. The molecular formula is C24H25F2N3O4. The number of amides is 2. The molecule has 0 radical (unpaired) electrons. The summed E-state index contributed by atoms with van der Waals surface area (Å²) in [6.07, 6.45) is 0.606. The van der Waals surface area contributed by atoms with Crippen LogP contribution < -0.4 is 10.1 Å². The van der Waals surface area contributed by atoms with E-state index < -0.39 is 23.4 Å². The van der Waals surface area contributed by atoms with Crippen molar-refractivity contribution in [1.29, 1.82) is 0 Å². The van der Waals surface area contributed by atoms with Crippen molar-refractivity contribution in [2.24, 2.45) is 0 Å². The SMILES string of the molecule is COc1ccccc1C1=C(Nc2ccc(F)c(F)c2)C(=O)N(CCCN2CCOCC2)C1=O. The van der Waals surface area contributed by atoms with Gasteiger partial charge >= 0.3 is 0 Å². The molecule has 174 valence electrons. The third kappa shape index (κ3) is 4.89. The van der Waals surface area contributed by atoms with Gasteiger partial charge in [0.2, 0.25) is 0 Å². The van der Waals surface area contributed by atoms with E-state index in [1.165, 1.54) is 18.1 Å². The number of carbonyl (C=O) groups excluding carboxylic acids is 2. The minimum Gasteiger partial charge on any atom is -0.496 e. The number of rotatable bonds is 8. The van der Waals surface area contributed by atoms with Crippen molar-refractivity contribution >= 4 is 23.1 Å². The summed E-state index contributed by atoms with van der Waals surface area (Å²) in [7, 11) is 1.48. The fraction of sp³-hybridized carbons (Fsp3) is 0.333. The second kappa shape index (κ2) is 10.1. The van der Waals surface area contributed by atoms with Gasteiger partial charge in [-0.3, -0.25) is 19.4 Å². The molecule has 0 spiro atoms. The van der Waals surface area contributed by atoms with E-state index in [0.29, 0.717) is 30.9 Å². The highest BCUT2D eigenvalue weighted by Gasteiger charge is 2.40. The number of halogens is 2. The van der Waals surface area contributed by atoms with Crippen LogP contribution in [0.1, 0.15) is 12.0 Å². The average Bonchev–Trinajstić information content (AvgIpc) is 3.06. The summed E-state index contributed by atoms with van der Waals surface area (Å²) in [5, 5.41) is 2.84. The van der Waals surface area contributed by atoms with Crippen LogP contribution in [0.5, 0.6) is 5.75 Å². The fourth-order valence-electron chi connectivity index (χ4n) is 3.99. The molecule has 4 rings (SSSR count). The predicted molar refractivity (Wildman–Crippen MR) is 118 cm³/mol. The molecule has 2 aromatic rings. The lowest BCUT2D eigenvalue weighted by Crippen LogP contribution is -2.39. The number of nitrogens with zero attached hydrogens (tertiary/aromatic N) is 2. The quantitative estimate of drug-likeness (QED) is 0.615. The Labute approximate surface area is 190 Å². The normalized spacial score (nSPS) is 17.1. The molecule has 1 saturated heterocycles. The second-order valence-electron chi connectivity index (χ2n) is 7.77. The zero-order valence-corrected chi connectivity index (χ0v) is 18.3. The number of hydrogen-bond acceptors (Lipinski definition) is 6. The highest BCUT2D eigenvalue weighted by Crippen LogP contribution is 2.35. The Morgan fingerprint density at radius 2 is 1.76 bits per heavy atom. The predicted octanol–water partition coefficient (Wildman–Crippen LogP) is 2.89. The maximum absolute atomic E-state index is 13.8. The highest BCUT2D eigenvalue weighted by molar-refractivity contribution is 6.37. The van der Waals surface area contributed by atoms with Gasteiger partial charge in [-0.2, -0.15) is 0 Å². The Balaban J connectivity index is 1.61. The maximum atomic E-state index is 13.8. The first-order chi connectivity index (χ1) is 16.0. The molecule has 1 fully saturated rings. The van der Waals surface area contributed by atoms with Crippen LogP contribution in [0.2, 0.25) is 0 Å². The number of para-hydroxylation sites is 1. The standard InChI is InChI=1S/C24H25F2N3O4/c1-32-20-6-3-2-5-17(20)21-22(27-16-7-8-18(25)19(26)15-16)24(31)29(23(21)30)10-4-9-28-11-13-33-14-12-28/h2-3,5-8,15,27H,4,9-14H2,1H3. The van der Waals surface area contributed by atoms with E-state index in [1.807, 2.05) is 0 Å². The molecule has 0 aliphatic carbocycles. The van der Waals surface area contributed by atoms with Crippen LogP contribution in [0.15, 0.2) is 48.2 Å². The van der Waals surface area contributed by atoms with Gasteiger partial charge in [-0.15, -0.1) is 0 Å².